The molecule has 1 aliphatic carbocycles. The fourth-order valence-corrected chi connectivity index (χ4v) is 7.16. The Morgan fingerprint density at radius 3 is 2.70 bits per heavy atom. The summed E-state index contributed by atoms with van der Waals surface area (Å²) in [5.74, 6) is -1.54. The SMILES string of the molecule is COc1cccc(NC(=O)[C@@H]2[C@@H]3C=C[C@]4(O3)[C@@H]2C(=O)N(Cc2ccccc2Cl)[C@H]4C(=O)N[C@H]2CCCC[C@H]2C)c1. The topological polar surface area (TPSA) is 97.0 Å². The zero-order valence-electron chi connectivity index (χ0n) is 22.6. The second-order valence-corrected chi connectivity index (χ2v) is 11.8. The minimum atomic E-state index is -1.23. The fourth-order valence-electron chi connectivity index (χ4n) is 6.97. The molecule has 2 aromatic carbocycles. The number of anilines is 1. The summed E-state index contributed by atoms with van der Waals surface area (Å²) in [5.41, 5.74) is 0.0548. The quantitative estimate of drug-likeness (QED) is 0.489. The van der Waals surface area contributed by atoms with E-state index in [1.54, 1.807) is 42.3 Å². The number of amides is 3. The van der Waals surface area contributed by atoms with Crippen LogP contribution in [0, 0.1) is 17.8 Å². The normalized spacial score (nSPS) is 32.2. The lowest BCUT2D eigenvalue weighted by molar-refractivity contribution is -0.142. The van der Waals surface area contributed by atoms with Crippen LogP contribution in [-0.4, -0.2) is 53.5 Å². The lowest BCUT2D eigenvalue weighted by Crippen LogP contribution is -2.57. The molecule has 8 nitrogen and oxygen atoms in total. The van der Waals surface area contributed by atoms with Crippen LogP contribution in [0.25, 0.3) is 0 Å². The van der Waals surface area contributed by atoms with E-state index in [0.29, 0.717) is 22.4 Å². The van der Waals surface area contributed by atoms with Crippen molar-refractivity contribution in [2.75, 3.05) is 12.4 Å². The van der Waals surface area contributed by atoms with Gasteiger partial charge in [0.1, 0.15) is 17.4 Å². The van der Waals surface area contributed by atoms with E-state index >= 15 is 0 Å². The third-order valence-corrected chi connectivity index (χ3v) is 9.37. The maximum absolute atomic E-state index is 14.2. The van der Waals surface area contributed by atoms with Crippen LogP contribution >= 0.6 is 11.6 Å². The van der Waals surface area contributed by atoms with Gasteiger partial charge in [-0.1, -0.05) is 67.8 Å². The summed E-state index contributed by atoms with van der Waals surface area (Å²) >= 11 is 6.49. The average molecular weight is 564 g/mol. The molecular formula is C31H34ClN3O5. The molecule has 3 fully saturated rings. The average Bonchev–Trinajstić information content (AvgIpc) is 3.59. The van der Waals surface area contributed by atoms with Crippen LogP contribution < -0.4 is 15.4 Å². The van der Waals surface area contributed by atoms with Crippen molar-refractivity contribution in [2.24, 2.45) is 17.8 Å². The van der Waals surface area contributed by atoms with Gasteiger partial charge in [0, 0.05) is 29.4 Å². The molecule has 9 heteroatoms. The number of hydrogen-bond donors (Lipinski definition) is 2. The van der Waals surface area contributed by atoms with Crippen molar-refractivity contribution >= 4 is 35.0 Å². The van der Waals surface area contributed by atoms with Crippen molar-refractivity contribution in [2.45, 2.75) is 62.9 Å². The van der Waals surface area contributed by atoms with E-state index in [-0.39, 0.29) is 30.3 Å². The molecular weight excluding hydrogens is 530 g/mol. The molecule has 1 spiro atoms. The summed E-state index contributed by atoms with van der Waals surface area (Å²) < 4.78 is 11.7. The molecule has 3 heterocycles. The van der Waals surface area contributed by atoms with Crippen LogP contribution in [0.5, 0.6) is 5.75 Å². The first-order chi connectivity index (χ1) is 19.3. The Bertz CT molecular complexity index is 1360. The molecule has 3 amide bonds. The maximum Gasteiger partial charge on any atom is 0.246 e. The molecule has 6 rings (SSSR count). The number of rotatable bonds is 7. The molecule has 4 aliphatic rings. The third-order valence-electron chi connectivity index (χ3n) is 9.00. The molecule has 210 valence electrons. The number of benzene rings is 2. The number of ether oxygens (including phenoxy) is 2. The molecule has 1 saturated carbocycles. The van der Waals surface area contributed by atoms with E-state index in [1.165, 1.54) is 0 Å². The van der Waals surface area contributed by atoms with Gasteiger partial charge in [-0.25, -0.2) is 0 Å². The molecule has 0 radical (unpaired) electrons. The second-order valence-electron chi connectivity index (χ2n) is 11.4. The van der Waals surface area contributed by atoms with Gasteiger partial charge < -0.3 is 25.0 Å². The van der Waals surface area contributed by atoms with E-state index < -0.39 is 29.6 Å². The van der Waals surface area contributed by atoms with Crippen LogP contribution in [0.1, 0.15) is 38.2 Å². The number of methoxy groups -OCH3 is 1. The number of halogens is 1. The van der Waals surface area contributed by atoms with Gasteiger partial charge in [-0.2, -0.15) is 0 Å². The number of nitrogens with one attached hydrogen (secondary N) is 2. The molecule has 3 aliphatic heterocycles. The molecule has 2 bridgehead atoms. The highest BCUT2D eigenvalue weighted by molar-refractivity contribution is 6.31. The number of nitrogens with zero attached hydrogens (tertiary/aromatic N) is 1. The number of likely N-dealkylation sites (tertiary alicyclic amines) is 1. The summed E-state index contributed by atoms with van der Waals surface area (Å²) in [5, 5.41) is 6.70. The van der Waals surface area contributed by atoms with Crippen LogP contribution in [0.15, 0.2) is 60.7 Å². The summed E-state index contributed by atoms with van der Waals surface area (Å²) in [6.45, 7) is 2.30. The highest BCUT2D eigenvalue weighted by Gasteiger charge is 2.72. The largest absolute Gasteiger partial charge is 0.497 e. The van der Waals surface area contributed by atoms with Gasteiger partial charge in [-0.15, -0.1) is 0 Å². The Balaban J connectivity index is 1.33. The van der Waals surface area contributed by atoms with Gasteiger partial charge in [0.15, 0.2) is 0 Å². The summed E-state index contributed by atoms with van der Waals surface area (Å²) in [6, 6.07) is 13.5. The molecule has 0 unspecified atom stereocenters. The van der Waals surface area contributed by atoms with Gasteiger partial charge in [0.2, 0.25) is 17.7 Å². The van der Waals surface area contributed by atoms with Crippen LogP contribution in [0.4, 0.5) is 5.69 Å². The predicted molar refractivity (Wildman–Crippen MR) is 151 cm³/mol. The Morgan fingerprint density at radius 2 is 1.93 bits per heavy atom. The molecule has 2 saturated heterocycles. The van der Waals surface area contributed by atoms with E-state index in [4.69, 9.17) is 21.1 Å². The van der Waals surface area contributed by atoms with Crippen LogP contribution in [0.2, 0.25) is 5.02 Å². The minimum absolute atomic E-state index is 0.0312. The highest BCUT2D eigenvalue weighted by atomic mass is 35.5. The zero-order valence-corrected chi connectivity index (χ0v) is 23.4. The van der Waals surface area contributed by atoms with Crippen LogP contribution in [-0.2, 0) is 25.7 Å². The second kappa shape index (κ2) is 10.6. The van der Waals surface area contributed by atoms with Crippen molar-refractivity contribution in [3.05, 3.63) is 71.3 Å². The number of carbonyl (C=O) groups excluding carboxylic acids is 3. The van der Waals surface area contributed by atoms with Gasteiger partial charge in [0.25, 0.3) is 0 Å². The molecule has 2 N–H and O–H groups in total. The Hall–Kier alpha value is -3.36. The Kier molecular flexibility index (Phi) is 7.09. The minimum Gasteiger partial charge on any atom is -0.497 e. The first kappa shape index (κ1) is 26.8. The molecule has 0 aromatic heterocycles. The van der Waals surface area contributed by atoms with Gasteiger partial charge in [0.05, 0.1) is 25.0 Å². The fraction of sp³-hybridized carbons (Fsp3) is 0.452. The van der Waals surface area contributed by atoms with Gasteiger partial charge >= 0.3 is 0 Å². The predicted octanol–water partition coefficient (Wildman–Crippen LogP) is 4.33. The Morgan fingerprint density at radius 1 is 1.12 bits per heavy atom. The third kappa shape index (κ3) is 4.47. The van der Waals surface area contributed by atoms with E-state index in [1.807, 2.05) is 30.4 Å². The van der Waals surface area contributed by atoms with Crippen molar-refractivity contribution in [3.63, 3.8) is 0 Å². The first-order valence-corrected chi connectivity index (χ1v) is 14.4. The molecule has 7 atom stereocenters. The highest BCUT2D eigenvalue weighted by Crippen LogP contribution is 2.55. The first-order valence-electron chi connectivity index (χ1n) is 14.0. The molecule has 40 heavy (non-hydrogen) atoms. The van der Waals surface area contributed by atoms with Crippen molar-refractivity contribution in [1.82, 2.24) is 10.2 Å². The van der Waals surface area contributed by atoms with Crippen molar-refractivity contribution < 1.29 is 23.9 Å². The summed E-state index contributed by atoms with van der Waals surface area (Å²) in [7, 11) is 1.56. The lowest BCUT2D eigenvalue weighted by atomic mass is 9.74. The van der Waals surface area contributed by atoms with Crippen LogP contribution in [0.3, 0.4) is 0 Å². The monoisotopic (exact) mass is 563 g/mol. The number of fused-ring (bicyclic) bond motifs is 1. The van der Waals surface area contributed by atoms with E-state index in [9.17, 15) is 14.4 Å². The van der Waals surface area contributed by atoms with Gasteiger partial charge in [-0.05, 0) is 42.5 Å². The van der Waals surface area contributed by atoms with Crippen molar-refractivity contribution in [3.8, 4) is 5.75 Å². The van der Waals surface area contributed by atoms with E-state index in [0.717, 1.165) is 31.2 Å². The lowest BCUT2D eigenvalue weighted by Gasteiger charge is -2.36. The maximum atomic E-state index is 14.2. The smallest absolute Gasteiger partial charge is 0.246 e. The summed E-state index contributed by atoms with van der Waals surface area (Å²) in [6.07, 6.45) is 7.21. The zero-order chi connectivity index (χ0) is 28.0. The van der Waals surface area contributed by atoms with Gasteiger partial charge in [-0.3, -0.25) is 14.4 Å². The van der Waals surface area contributed by atoms with Crippen molar-refractivity contribution in [1.29, 1.82) is 0 Å². The number of carbonyl (C=O) groups is 3. The van der Waals surface area contributed by atoms with E-state index in [2.05, 4.69) is 17.6 Å². The Labute approximate surface area is 239 Å². The summed E-state index contributed by atoms with van der Waals surface area (Å²) in [4.78, 5) is 43.6. The standard InChI is InChI=1S/C31H34ClN3O5/c1-18-8-3-6-13-23(18)34-29(37)27-31-15-14-24(40-31)25(28(36)33-20-10-7-11-21(16-20)39-2)26(31)30(38)35(27)17-19-9-4-5-12-22(19)32/h4-5,7,9-12,14-16,18,23-27H,3,6,8,13,17H2,1-2H3,(H,33,36)(H,34,37)/t18-,23+,24+,25-,26+,27+,31+/m1/s1. The number of hydrogen-bond acceptors (Lipinski definition) is 5. The molecule has 2 aromatic rings.